The van der Waals surface area contributed by atoms with E-state index in [1.54, 1.807) is 0 Å². The Hall–Kier alpha value is -0.0900. The summed E-state index contributed by atoms with van der Waals surface area (Å²) in [6, 6.07) is 0. The first kappa shape index (κ1) is 4.91. The van der Waals surface area contributed by atoms with Gasteiger partial charge in [0.15, 0.2) is 0 Å². The molecule has 2 radical (unpaired) electrons. The Morgan fingerprint density at radius 3 is 1.60 bits per heavy atom. The van der Waals surface area contributed by atoms with Crippen molar-refractivity contribution in [3.63, 3.8) is 0 Å². The van der Waals surface area contributed by atoms with Crippen LogP contribution in [0.1, 0.15) is 0 Å². The van der Waals surface area contributed by atoms with Crippen LogP contribution >= 0.6 is 0 Å². The second kappa shape index (κ2) is 0.948. The number of hydrogen-bond donors (Lipinski definition) is 1. The molecule has 0 aromatic carbocycles. The molecule has 0 aromatic heterocycles. The lowest BCUT2D eigenvalue weighted by Crippen LogP contribution is -1.83. The normalized spacial score (nSPS) is 11.6. The van der Waals surface area contributed by atoms with Crippen molar-refractivity contribution in [1.29, 1.82) is 0 Å². The Kier molecular flexibility index (Phi) is 0.931. The fraction of sp³-hybridized carbons (Fsp3) is 0. The van der Waals surface area contributed by atoms with Gasteiger partial charge in [0.25, 0.3) is 10.1 Å². The molecule has 0 saturated carbocycles. The van der Waals surface area contributed by atoms with Gasteiger partial charge in [0, 0.05) is 0 Å². The molecule has 0 rings (SSSR count). The predicted octanol–water partition coefficient (Wildman–Crippen LogP) is -0.457. The highest BCUT2D eigenvalue weighted by Gasteiger charge is 1.83. The lowest BCUT2D eigenvalue weighted by atomic mass is 12.0. The van der Waals surface area contributed by atoms with Crippen LogP contribution in [0.4, 0.5) is 0 Å². The van der Waals surface area contributed by atoms with Gasteiger partial charge in [-0.2, -0.15) is 8.42 Å². The molecule has 0 aliphatic carbocycles. The summed E-state index contributed by atoms with van der Waals surface area (Å²) in [6.45, 7) is 0. The maximum atomic E-state index is 8.97. The number of rotatable bonds is 0. The Morgan fingerprint density at radius 2 is 1.60 bits per heavy atom. The molecule has 0 bridgehead atoms. The quantitative estimate of drug-likeness (QED) is 0.413. The average Bonchev–Trinajstić information content (AvgIpc) is 0.722. The molecule has 5 heavy (non-hydrogen) atoms. The van der Waals surface area contributed by atoms with E-state index in [4.69, 9.17) is 13.0 Å². The van der Waals surface area contributed by atoms with Gasteiger partial charge in [0.05, 0.1) is 0 Å². The van der Waals surface area contributed by atoms with Crippen LogP contribution in [0.15, 0.2) is 0 Å². The van der Waals surface area contributed by atoms with Crippen molar-refractivity contribution in [2.75, 3.05) is 0 Å². The van der Waals surface area contributed by atoms with E-state index in [9.17, 15) is 0 Å². The summed E-state index contributed by atoms with van der Waals surface area (Å²) in [4.78, 5) is 0. The fourth-order valence-corrected chi connectivity index (χ4v) is 0. The van der Waals surface area contributed by atoms with Crippen molar-refractivity contribution < 1.29 is 13.0 Å². The van der Waals surface area contributed by atoms with Gasteiger partial charge >= 0.3 is 0 Å². The van der Waals surface area contributed by atoms with Gasteiger partial charge in [-0.15, -0.1) is 0 Å². The van der Waals surface area contributed by atoms with Gasteiger partial charge in [-0.3, -0.25) is 4.55 Å². The van der Waals surface area contributed by atoms with E-state index >= 15 is 0 Å². The summed E-state index contributed by atoms with van der Waals surface area (Å²) in [5.74, 6) is 0. The molecule has 0 aliphatic rings. The van der Waals surface area contributed by atoms with E-state index in [1.165, 1.54) is 0 Å². The molecule has 30 valence electrons. The van der Waals surface area contributed by atoms with E-state index in [-0.39, 0.29) is 0 Å². The maximum absolute atomic E-state index is 8.97. The van der Waals surface area contributed by atoms with Crippen LogP contribution in [0.5, 0.6) is 0 Å². The van der Waals surface area contributed by atoms with Crippen molar-refractivity contribution in [1.82, 2.24) is 0 Å². The predicted molar refractivity (Wildman–Crippen MR) is 15.8 cm³/mol. The maximum Gasteiger partial charge on any atom is 0.270 e. The van der Waals surface area contributed by atoms with Crippen molar-refractivity contribution >= 4 is 10.1 Å². The molecule has 0 unspecified atom stereocenters. The van der Waals surface area contributed by atoms with Crippen LogP contribution in [0.25, 0.3) is 0 Å². The highest BCUT2D eigenvalue weighted by atomic mass is 32.2. The average molecular weight is 94.1 g/mol. The monoisotopic (exact) mass is 94.0 g/mol. The largest absolute Gasteiger partial charge is 0.285 e. The summed E-state index contributed by atoms with van der Waals surface area (Å²) >= 11 is 0. The van der Waals surface area contributed by atoms with E-state index in [2.05, 4.69) is 6.26 Å². The number of hydrogen-bond acceptors (Lipinski definition) is 2. The molecule has 0 saturated heterocycles. The smallest absolute Gasteiger partial charge is 0.270 e. The lowest BCUT2D eigenvalue weighted by Gasteiger charge is -1.68. The zero-order valence-electron chi connectivity index (χ0n) is 2.25. The van der Waals surface area contributed by atoms with Crippen LogP contribution in [0, 0.1) is 6.26 Å². The minimum absolute atomic E-state index is 3.88. The summed E-state index contributed by atoms with van der Waals surface area (Å²) in [5.41, 5.74) is 0. The van der Waals surface area contributed by atoms with Gasteiger partial charge in [-0.1, -0.05) is 0 Å². The third kappa shape index (κ3) is 1760. The molecule has 1 N–H and O–H groups in total. The molecule has 0 spiro atoms. The first-order chi connectivity index (χ1) is 2.00. The van der Waals surface area contributed by atoms with Gasteiger partial charge in [-0.05, 0) is 0 Å². The molecule has 3 nitrogen and oxygen atoms in total. The topological polar surface area (TPSA) is 54.4 Å². The van der Waals surface area contributed by atoms with Crippen molar-refractivity contribution in [2.45, 2.75) is 0 Å². The third-order valence-electron chi connectivity index (χ3n) is 0. The van der Waals surface area contributed by atoms with Crippen LogP contribution in [-0.2, 0) is 10.1 Å². The Morgan fingerprint density at radius 1 is 1.60 bits per heavy atom. The van der Waals surface area contributed by atoms with Gasteiger partial charge in [-0.25, -0.2) is 0 Å². The molecule has 4 heteroatoms. The molecular weight excluding hydrogens is 92.1 g/mol. The molecule has 0 atom stereocenters. The first-order valence-corrected chi connectivity index (χ1v) is 2.25. The standard InChI is InChI=1S/CH2O3S/c1-5(2,3)4/h1H,(H,2,3,4). The van der Waals surface area contributed by atoms with Gasteiger partial charge < -0.3 is 0 Å². The van der Waals surface area contributed by atoms with E-state index in [0.717, 1.165) is 0 Å². The van der Waals surface area contributed by atoms with E-state index in [0.29, 0.717) is 0 Å². The van der Waals surface area contributed by atoms with Crippen LogP contribution in [0.2, 0.25) is 0 Å². The molecule has 0 fully saturated rings. The Balaban J connectivity index is 4.06. The highest BCUT2D eigenvalue weighted by molar-refractivity contribution is 7.86. The summed E-state index contributed by atoms with van der Waals surface area (Å²) in [5, 5.41) is 0. The van der Waals surface area contributed by atoms with Gasteiger partial charge in [0.1, 0.15) is 6.26 Å². The summed E-state index contributed by atoms with van der Waals surface area (Å²) in [7, 11) is -4.17. The zero-order valence-corrected chi connectivity index (χ0v) is 3.07. The minimum Gasteiger partial charge on any atom is -0.285 e. The Bertz CT molecular complexity index is 90.1. The molecule has 0 aromatic rings. The summed E-state index contributed by atoms with van der Waals surface area (Å²) < 4.78 is 25.2. The highest BCUT2D eigenvalue weighted by Crippen LogP contribution is 1.65. The molecule has 0 aliphatic heterocycles. The van der Waals surface area contributed by atoms with E-state index in [1.807, 2.05) is 0 Å². The first-order valence-electron chi connectivity index (χ1n) is 0.752. The minimum atomic E-state index is -4.17. The molecule has 0 heterocycles. The van der Waals surface area contributed by atoms with Crippen LogP contribution in [0.3, 0.4) is 0 Å². The van der Waals surface area contributed by atoms with Crippen molar-refractivity contribution in [3.8, 4) is 0 Å². The fourth-order valence-electron chi connectivity index (χ4n) is 0. The SMILES string of the molecule is [CH]S(=O)(=O)O. The van der Waals surface area contributed by atoms with Crippen molar-refractivity contribution in [3.05, 3.63) is 6.26 Å². The van der Waals surface area contributed by atoms with E-state index < -0.39 is 10.1 Å². The Labute approximate surface area is 30.4 Å². The molecular formula is CH2O3S. The molecule has 0 amide bonds. The van der Waals surface area contributed by atoms with Crippen LogP contribution < -0.4 is 0 Å². The third-order valence-corrected chi connectivity index (χ3v) is 0. The van der Waals surface area contributed by atoms with Gasteiger partial charge in [0.2, 0.25) is 0 Å². The lowest BCUT2D eigenvalue weighted by molar-refractivity contribution is 0.494. The van der Waals surface area contributed by atoms with Crippen LogP contribution in [-0.4, -0.2) is 13.0 Å². The van der Waals surface area contributed by atoms with Crippen molar-refractivity contribution in [2.24, 2.45) is 0 Å². The second-order valence-electron chi connectivity index (χ2n) is 0.515. The second-order valence-corrected chi connectivity index (χ2v) is 1.54. The zero-order chi connectivity index (χ0) is 4.50. The summed E-state index contributed by atoms with van der Waals surface area (Å²) in [6.07, 6.45) is 3.88.